The molecule has 1 aliphatic heterocycles. The van der Waals surface area contributed by atoms with Gasteiger partial charge in [-0.05, 0) is 25.3 Å². The molecule has 4 rings (SSSR count). The van der Waals surface area contributed by atoms with Crippen molar-refractivity contribution in [2.75, 3.05) is 18.8 Å². The van der Waals surface area contributed by atoms with Gasteiger partial charge in [-0.15, -0.1) is 11.3 Å². The number of fused-ring (bicyclic) bond motifs is 1. The molecule has 0 atom stereocenters. The Bertz CT molecular complexity index is 1300. The first kappa shape index (κ1) is 21.4. The number of sulfonamides is 1. The summed E-state index contributed by atoms with van der Waals surface area (Å²) < 4.78 is 45.8. The molecule has 0 radical (unpaired) electrons. The van der Waals surface area contributed by atoms with Gasteiger partial charge in [0, 0.05) is 11.6 Å². The van der Waals surface area contributed by atoms with Gasteiger partial charge in [0.1, 0.15) is 31.9 Å². The van der Waals surface area contributed by atoms with E-state index in [0.29, 0.717) is 22.8 Å². The van der Waals surface area contributed by atoms with Crippen LogP contribution in [0.15, 0.2) is 26.9 Å². The average molecular weight is 486 g/mol. The maximum Gasteiger partial charge on any atom is 0.276 e. The number of ether oxygens (including phenoxy) is 3. The number of thiophene rings is 1. The summed E-state index contributed by atoms with van der Waals surface area (Å²) in [5.74, 6) is 0.218. The highest BCUT2D eigenvalue weighted by atomic mass is 35.5. The molecule has 2 aromatic heterocycles. The minimum Gasteiger partial charge on any atom is -0.494 e. The number of aromatic nitrogens is 1. The number of hydrogen-bond acceptors (Lipinski definition) is 9. The zero-order chi connectivity index (χ0) is 22.5. The molecule has 2 N–H and O–H groups in total. The van der Waals surface area contributed by atoms with Gasteiger partial charge in [0.2, 0.25) is 16.8 Å². The standard InChI is InChI=1S/C18H16ClN3O7S2/c1-8-14(10(26-3)6-11-15(8)28-7-27-11)22(18-13(19)9(2)21-29-18)17(23)16-12(4-5-30-16)31(20,24)25/h4-6H,7H2,1-3H3,(H2,20,24,25). The molecule has 1 aliphatic rings. The number of anilines is 2. The molecule has 10 nitrogen and oxygen atoms in total. The van der Waals surface area contributed by atoms with Crippen molar-refractivity contribution in [3.05, 3.63) is 38.7 Å². The highest BCUT2D eigenvalue weighted by Crippen LogP contribution is 2.50. The number of methoxy groups -OCH3 is 1. The summed E-state index contributed by atoms with van der Waals surface area (Å²) in [5.41, 5.74) is 1.05. The van der Waals surface area contributed by atoms with Gasteiger partial charge in [-0.2, -0.15) is 0 Å². The Morgan fingerprint density at radius 1 is 1.35 bits per heavy atom. The Morgan fingerprint density at radius 2 is 2.10 bits per heavy atom. The maximum absolute atomic E-state index is 13.7. The molecule has 0 spiro atoms. The van der Waals surface area contributed by atoms with Gasteiger partial charge >= 0.3 is 0 Å². The Labute approximate surface area is 186 Å². The molecule has 31 heavy (non-hydrogen) atoms. The number of carbonyl (C=O) groups excluding carboxylic acids is 1. The van der Waals surface area contributed by atoms with Gasteiger partial charge in [-0.3, -0.25) is 4.79 Å². The van der Waals surface area contributed by atoms with E-state index < -0.39 is 15.9 Å². The summed E-state index contributed by atoms with van der Waals surface area (Å²) in [6.45, 7) is 3.29. The van der Waals surface area contributed by atoms with Crippen LogP contribution in [0.25, 0.3) is 0 Å². The Kier molecular flexibility index (Phi) is 5.33. The lowest BCUT2D eigenvalue weighted by Crippen LogP contribution is -2.28. The largest absolute Gasteiger partial charge is 0.494 e. The fraction of sp³-hybridized carbons (Fsp3) is 0.222. The second kappa shape index (κ2) is 7.71. The van der Waals surface area contributed by atoms with Crippen LogP contribution >= 0.6 is 22.9 Å². The summed E-state index contributed by atoms with van der Waals surface area (Å²) in [7, 11) is -2.75. The number of amides is 1. The first-order valence-corrected chi connectivity index (χ1v) is 11.5. The van der Waals surface area contributed by atoms with Crippen molar-refractivity contribution in [1.29, 1.82) is 0 Å². The molecule has 0 saturated carbocycles. The molecule has 0 unspecified atom stereocenters. The molecule has 3 heterocycles. The Hall–Kier alpha value is -2.80. The number of hydrogen-bond donors (Lipinski definition) is 1. The lowest BCUT2D eigenvalue weighted by atomic mass is 10.1. The van der Waals surface area contributed by atoms with Crippen molar-refractivity contribution in [3.8, 4) is 17.2 Å². The van der Waals surface area contributed by atoms with Crippen molar-refractivity contribution in [3.63, 3.8) is 0 Å². The molecule has 0 fully saturated rings. The molecule has 164 valence electrons. The number of rotatable bonds is 5. The fourth-order valence-corrected chi connectivity index (χ4v) is 5.21. The van der Waals surface area contributed by atoms with Gasteiger partial charge < -0.3 is 18.7 Å². The van der Waals surface area contributed by atoms with E-state index in [1.807, 2.05) is 0 Å². The molecule has 3 aromatic rings. The second-order valence-corrected chi connectivity index (χ2v) is 9.30. The summed E-state index contributed by atoms with van der Waals surface area (Å²) in [6.07, 6.45) is 0. The Morgan fingerprint density at radius 3 is 2.71 bits per heavy atom. The normalized spacial score (nSPS) is 12.8. The van der Waals surface area contributed by atoms with E-state index in [4.69, 9.17) is 35.5 Å². The van der Waals surface area contributed by atoms with Crippen molar-refractivity contribution in [2.45, 2.75) is 18.7 Å². The van der Waals surface area contributed by atoms with Gasteiger partial charge in [0.15, 0.2) is 11.5 Å². The lowest BCUT2D eigenvalue weighted by molar-refractivity contribution is 0.0994. The van der Waals surface area contributed by atoms with Gasteiger partial charge in [-0.1, -0.05) is 16.8 Å². The Balaban J connectivity index is 2.00. The van der Waals surface area contributed by atoms with Crippen LogP contribution in [-0.4, -0.2) is 33.4 Å². The van der Waals surface area contributed by atoms with Crippen molar-refractivity contribution in [2.24, 2.45) is 5.14 Å². The summed E-state index contributed by atoms with van der Waals surface area (Å²) in [6, 6.07) is 2.81. The third-order valence-electron chi connectivity index (χ3n) is 4.59. The van der Waals surface area contributed by atoms with Crippen molar-refractivity contribution < 1.29 is 31.9 Å². The predicted octanol–water partition coefficient (Wildman–Crippen LogP) is 3.37. The van der Waals surface area contributed by atoms with Crippen molar-refractivity contribution >= 4 is 50.4 Å². The number of primary sulfonamides is 1. The quantitative estimate of drug-likeness (QED) is 0.581. The first-order chi connectivity index (χ1) is 14.6. The van der Waals surface area contributed by atoms with Crippen LogP contribution in [0.1, 0.15) is 20.9 Å². The first-order valence-electron chi connectivity index (χ1n) is 8.68. The van der Waals surface area contributed by atoms with Crippen molar-refractivity contribution in [1.82, 2.24) is 5.16 Å². The minimum absolute atomic E-state index is 0.000606. The zero-order valence-electron chi connectivity index (χ0n) is 16.5. The molecular weight excluding hydrogens is 470 g/mol. The summed E-state index contributed by atoms with van der Waals surface area (Å²) in [5, 5.41) is 10.6. The van der Waals surface area contributed by atoms with E-state index in [2.05, 4.69) is 5.16 Å². The van der Waals surface area contributed by atoms with Crippen LogP contribution < -0.4 is 24.2 Å². The molecule has 0 aliphatic carbocycles. The zero-order valence-corrected chi connectivity index (χ0v) is 18.9. The summed E-state index contributed by atoms with van der Waals surface area (Å²) in [4.78, 5) is 14.3. The number of carbonyl (C=O) groups is 1. The monoisotopic (exact) mass is 485 g/mol. The molecule has 1 aromatic carbocycles. The maximum atomic E-state index is 13.7. The van der Waals surface area contributed by atoms with Gasteiger partial charge in [-0.25, -0.2) is 18.5 Å². The van der Waals surface area contributed by atoms with E-state index in [9.17, 15) is 13.2 Å². The van der Waals surface area contributed by atoms with Crippen LogP contribution in [0.2, 0.25) is 5.02 Å². The number of aryl methyl sites for hydroxylation is 1. The van der Waals surface area contributed by atoms with E-state index in [-0.39, 0.29) is 38.9 Å². The SMILES string of the molecule is COc1cc2c(c(C)c1N(C(=O)c1sccc1S(N)(=O)=O)c1onc(C)c1Cl)OCO2. The second-order valence-electron chi connectivity index (χ2n) is 6.47. The third-order valence-corrected chi connectivity index (χ3v) is 7.01. The predicted molar refractivity (Wildman–Crippen MR) is 112 cm³/mol. The smallest absolute Gasteiger partial charge is 0.276 e. The minimum atomic E-state index is -4.17. The molecule has 0 saturated heterocycles. The van der Waals surface area contributed by atoms with E-state index in [1.165, 1.54) is 18.6 Å². The summed E-state index contributed by atoms with van der Waals surface area (Å²) >= 11 is 7.27. The van der Waals surface area contributed by atoms with Crippen LogP contribution in [0.5, 0.6) is 17.2 Å². The van der Waals surface area contributed by atoms with Crippen LogP contribution in [0.4, 0.5) is 11.6 Å². The van der Waals surface area contributed by atoms with E-state index in [0.717, 1.165) is 16.2 Å². The highest BCUT2D eigenvalue weighted by Gasteiger charge is 2.36. The van der Waals surface area contributed by atoms with Gasteiger partial charge in [0.25, 0.3) is 11.8 Å². The highest BCUT2D eigenvalue weighted by molar-refractivity contribution is 7.89. The van der Waals surface area contributed by atoms with E-state index >= 15 is 0 Å². The number of halogens is 1. The topological polar surface area (TPSA) is 134 Å². The average Bonchev–Trinajstić information content (AvgIpc) is 3.45. The van der Waals surface area contributed by atoms with Crippen LogP contribution in [-0.2, 0) is 10.0 Å². The number of nitrogens with two attached hydrogens (primary N) is 1. The third kappa shape index (κ3) is 3.51. The number of nitrogens with zero attached hydrogens (tertiary/aromatic N) is 2. The fourth-order valence-electron chi connectivity index (χ4n) is 3.16. The molecule has 13 heteroatoms. The van der Waals surface area contributed by atoms with Crippen LogP contribution in [0.3, 0.4) is 0 Å². The van der Waals surface area contributed by atoms with E-state index in [1.54, 1.807) is 19.9 Å². The number of benzene rings is 1. The van der Waals surface area contributed by atoms with Gasteiger partial charge in [0.05, 0.1) is 7.11 Å². The molecular formula is C18H16ClN3O7S2. The lowest BCUT2D eigenvalue weighted by Gasteiger charge is -2.24. The molecule has 1 amide bonds. The van der Waals surface area contributed by atoms with Crippen LogP contribution in [0, 0.1) is 13.8 Å². The molecule has 0 bridgehead atoms.